The molecule has 1 heterocycles. The predicted molar refractivity (Wildman–Crippen MR) is 93.4 cm³/mol. The van der Waals surface area contributed by atoms with E-state index >= 15 is 0 Å². The van der Waals surface area contributed by atoms with Gasteiger partial charge in [-0.1, -0.05) is 0 Å². The van der Waals surface area contributed by atoms with Gasteiger partial charge in [-0.05, 0) is 60.1 Å². The first-order valence-electron chi connectivity index (χ1n) is 14.1. The van der Waals surface area contributed by atoms with Crippen LogP contribution in [0.1, 0.15) is 52.1 Å². The number of rotatable bonds is 6. The monoisotopic (exact) mass is 408 g/mol. The molecule has 0 bridgehead atoms. The van der Waals surface area contributed by atoms with E-state index < -0.39 is 118 Å². The quantitative estimate of drug-likeness (QED) is 0.405. The smallest absolute Gasteiger partial charge is 0.199 e. The van der Waals surface area contributed by atoms with Crippen LogP contribution < -0.4 is 0 Å². The maximum Gasteiger partial charge on any atom is 0.199 e. The lowest BCUT2D eigenvalue weighted by Crippen LogP contribution is -2.49. The molecule has 0 aromatic rings. The van der Waals surface area contributed by atoms with Gasteiger partial charge in [0.2, 0.25) is 0 Å². The molecule has 0 radical (unpaired) electrons. The molecule has 0 aromatic heterocycles. The Labute approximate surface area is 165 Å². The molecule has 0 atom stereocenters. The molecule has 1 rings (SSSR count). The van der Waals surface area contributed by atoms with Crippen molar-refractivity contribution in [1.29, 1.82) is 0 Å². The zero-order valence-corrected chi connectivity index (χ0v) is 13.8. The molecule has 0 unspecified atom stereocenters. The summed E-state index contributed by atoms with van der Waals surface area (Å²) in [5.74, 6) is -3.18. The molecule has 1 aliphatic rings. The van der Waals surface area contributed by atoms with Gasteiger partial charge in [0.25, 0.3) is 0 Å². The molecule has 0 aromatic carbocycles. The third kappa shape index (κ3) is 4.64. The van der Waals surface area contributed by atoms with E-state index in [1.807, 2.05) is 0 Å². The van der Waals surface area contributed by atoms with Crippen LogP contribution in [0.5, 0.6) is 0 Å². The molecule has 1 N–H and O–H groups in total. The van der Waals surface area contributed by atoms with Gasteiger partial charge in [0.05, 0.1) is 11.1 Å². The predicted octanol–water partition coefficient (Wildman–Crippen LogP) is 1.93. The Morgan fingerprint density at radius 3 is 1.59 bits per heavy atom. The van der Waals surface area contributed by atoms with Crippen molar-refractivity contribution in [2.24, 2.45) is 0 Å². The Morgan fingerprint density at radius 2 is 1.32 bits per heavy atom. The second-order valence-corrected chi connectivity index (χ2v) is 11.0. The highest BCUT2D eigenvalue weighted by atomic mass is 33.1. The van der Waals surface area contributed by atoms with E-state index in [-0.39, 0.29) is 0 Å². The number of nitrogens with zero attached hydrogens (tertiary/aromatic N) is 1. The third-order valence-electron chi connectivity index (χ3n) is 2.59. The Bertz CT molecular complexity index is 1100. The van der Waals surface area contributed by atoms with Gasteiger partial charge >= 0.3 is 0 Å². The zero-order valence-electron chi connectivity index (χ0n) is 28.6. The van der Waals surface area contributed by atoms with Crippen molar-refractivity contribution < 1.29 is 46.7 Å². The van der Waals surface area contributed by atoms with Gasteiger partial charge in [-0.15, -0.1) is 0 Å². The molecule has 10 heteroatoms. The molecular formula is C12H23NO5S4. The van der Waals surface area contributed by atoms with Crippen molar-refractivity contribution in [3.05, 3.63) is 11.1 Å². The molecule has 0 aliphatic carbocycles. The Kier molecular flexibility index (Phi) is 1.77. The fourth-order valence-electron chi connectivity index (χ4n) is 1.60. The number of hydrogen-bond donors (Lipinski definition) is 1. The zero-order chi connectivity index (χ0) is 32.6. The van der Waals surface area contributed by atoms with Crippen molar-refractivity contribution >= 4 is 39.3 Å². The molecule has 0 saturated heterocycles. The van der Waals surface area contributed by atoms with Gasteiger partial charge in [0.1, 0.15) is 0 Å². The second kappa shape index (κ2) is 6.29. The lowest BCUT2D eigenvalue weighted by atomic mass is 9.93. The largest absolute Gasteiger partial charge is 0.312 e. The summed E-state index contributed by atoms with van der Waals surface area (Å²) in [6.45, 7) is -16.5. The van der Waals surface area contributed by atoms with Crippen molar-refractivity contribution in [2.45, 2.75) is 38.5 Å². The molecule has 0 fully saturated rings. The Balaban J connectivity index is 4.49. The van der Waals surface area contributed by atoms with Gasteiger partial charge in [0, 0.05) is 48.5 Å². The van der Waals surface area contributed by atoms with Crippen LogP contribution in [0.2, 0.25) is 0 Å². The molecule has 0 spiro atoms. The van der Waals surface area contributed by atoms with E-state index in [1.54, 1.807) is 0 Å². The van der Waals surface area contributed by atoms with E-state index in [9.17, 15) is 22.0 Å². The summed E-state index contributed by atoms with van der Waals surface area (Å²) >= 11 is 0. The van der Waals surface area contributed by atoms with E-state index in [1.165, 1.54) is 0 Å². The van der Waals surface area contributed by atoms with Crippen LogP contribution in [0.25, 0.3) is 0 Å². The highest BCUT2D eigenvalue weighted by Gasteiger charge is 2.50. The molecular weight excluding hydrogens is 367 g/mol. The normalized spacial score (nSPS) is 37.9. The second-order valence-electron chi connectivity index (χ2n) is 4.12. The standard InChI is InChI=1S/C12H23NO5S4/c1-11(2)9(7-19-21(5,15)16)10(8-20-22(6,17)18)12(3,4)13(11)14/h14H,7-8H2,1-6H3/i1D3,2D3,3D3,4D3,5D3,6D3,13+1. The molecule has 22 heavy (non-hydrogen) atoms. The van der Waals surface area contributed by atoms with Crippen molar-refractivity contribution in [2.75, 3.05) is 23.9 Å². The van der Waals surface area contributed by atoms with Crippen LogP contribution in [0, 0.1) is 0 Å². The van der Waals surface area contributed by atoms with Crippen LogP contribution in [0.4, 0.5) is 0 Å². The SMILES string of the molecule is [2H]C([2H])([2H])C1(C([2H])([2H])[2H])C(CSS(=O)(=O)C([2H])([2H])[2H])=C(CSS(=O)(=O)C([2H])([2H])[2H])C(C([2H])([2H])[2H])(C([2H])([2H])[2H])[15N]1O. The Morgan fingerprint density at radius 1 is 0.955 bits per heavy atom. The van der Waals surface area contributed by atoms with Gasteiger partial charge in [0.15, 0.2) is 17.7 Å². The molecule has 0 saturated carbocycles. The van der Waals surface area contributed by atoms with Gasteiger partial charge < -0.3 is 5.21 Å². The maximum atomic E-state index is 12.3. The molecule has 6 nitrogen and oxygen atoms in total. The number of hydrogen-bond acceptors (Lipinski definition) is 8. The molecule has 1 aliphatic heterocycles. The van der Waals surface area contributed by atoms with Crippen LogP contribution in [0.15, 0.2) is 11.1 Å². The minimum absolute atomic E-state index is 0.639. The van der Waals surface area contributed by atoms with Crippen molar-refractivity contribution in [3.63, 3.8) is 0 Å². The summed E-state index contributed by atoms with van der Waals surface area (Å²) in [5, 5.41) is 10.2. The lowest BCUT2D eigenvalue weighted by molar-refractivity contribution is -0.186. The lowest BCUT2D eigenvalue weighted by Gasteiger charge is -2.37. The van der Waals surface area contributed by atoms with E-state index in [0.29, 0.717) is 0 Å². The van der Waals surface area contributed by atoms with Crippen LogP contribution in [-0.2, 0) is 17.7 Å². The van der Waals surface area contributed by atoms with E-state index in [4.69, 9.17) is 24.7 Å². The summed E-state index contributed by atoms with van der Waals surface area (Å²) in [4.78, 5) is 0. The van der Waals surface area contributed by atoms with Crippen LogP contribution >= 0.6 is 21.6 Å². The summed E-state index contributed by atoms with van der Waals surface area (Å²) in [7, 11) is -11.9. The first-order valence-corrected chi connectivity index (χ1v) is 11.1. The van der Waals surface area contributed by atoms with Gasteiger partial charge in [-0.2, -0.15) is 5.06 Å². The average Bonchev–Trinajstić information content (AvgIpc) is 2.88. The number of hydroxylamine groups is 2. The summed E-state index contributed by atoms with van der Waals surface area (Å²) in [6, 6.07) is 0. The molecule has 130 valence electrons. The van der Waals surface area contributed by atoms with E-state index in [2.05, 4.69) is 0 Å². The summed E-state index contributed by atoms with van der Waals surface area (Å²) in [5.41, 5.74) is -11.0. The fraction of sp³-hybridized carbons (Fsp3) is 0.833. The topological polar surface area (TPSA) is 91.8 Å². The van der Waals surface area contributed by atoms with Crippen molar-refractivity contribution in [3.8, 4) is 0 Å². The highest BCUT2D eigenvalue weighted by Crippen LogP contribution is 2.46. The highest BCUT2D eigenvalue weighted by molar-refractivity contribution is 8.72. The summed E-state index contributed by atoms with van der Waals surface area (Å²) in [6.07, 6.45) is -7.61. The maximum absolute atomic E-state index is 12.3. The molecule has 0 amide bonds. The fourth-order valence-corrected chi connectivity index (χ4v) is 4.55. The van der Waals surface area contributed by atoms with Crippen LogP contribution in [0.3, 0.4) is 0 Å². The van der Waals surface area contributed by atoms with Crippen molar-refractivity contribution in [1.82, 2.24) is 5.06 Å². The van der Waals surface area contributed by atoms with Gasteiger partial charge in [-0.25, -0.2) is 16.8 Å². The van der Waals surface area contributed by atoms with Gasteiger partial charge in [-0.3, -0.25) is 0 Å². The van der Waals surface area contributed by atoms with E-state index in [0.717, 1.165) is 0 Å². The first-order chi connectivity index (χ1) is 17.1. The first kappa shape index (κ1) is 6.21. The van der Waals surface area contributed by atoms with Crippen LogP contribution in [-0.4, -0.2) is 62.1 Å². The Hall–Kier alpha value is 0.260. The summed E-state index contributed by atoms with van der Waals surface area (Å²) < 4.78 is 188. The third-order valence-corrected chi connectivity index (χ3v) is 6.59. The average molecular weight is 409 g/mol. The minimum atomic E-state index is -5.32. The minimum Gasteiger partial charge on any atom is -0.312 e.